The minimum absolute atomic E-state index is 0. The summed E-state index contributed by atoms with van der Waals surface area (Å²) in [6, 6.07) is 6.19. The number of benzene rings is 1. The largest absolute Gasteiger partial charge is 0.379 e. The van der Waals surface area contributed by atoms with Crippen molar-refractivity contribution in [3.05, 3.63) is 40.9 Å². The van der Waals surface area contributed by atoms with E-state index in [1.54, 1.807) is 4.57 Å². The summed E-state index contributed by atoms with van der Waals surface area (Å²) in [7, 11) is 1.81. The topological polar surface area (TPSA) is 107 Å². The molecule has 2 aliphatic rings. The normalized spacial score (nSPS) is 19.9. The third-order valence-electron chi connectivity index (χ3n) is 7.59. The Kier molecular flexibility index (Phi) is 5.66. The van der Waals surface area contributed by atoms with Gasteiger partial charge in [0, 0.05) is 61.5 Å². The van der Waals surface area contributed by atoms with Crippen molar-refractivity contribution < 1.29 is 4.74 Å². The molecule has 5 heterocycles. The molecule has 2 aliphatic heterocycles. The molecule has 0 aliphatic carbocycles. The Labute approximate surface area is 203 Å². The summed E-state index contributed by atoms with van der Waals surface area (Å²) >= 11 is 0. The summed E-state index contributed by atoms with van der Waals surface area (Å²) in [5.74, 6) is 0.697. The molecule has 4 aromatic rings. The summed E-state index contributed by atoms with van der Waals surface area (Å²) in [6.07, 6.45) is 5.81. The SMILES string of the molecule is CCn1cc2cc(-c3c[nH]c4nc(N5CCC6(CC5)COC[C@H]6N)n(C)c(=O)c34)ccc2n1.Cl. The predicted octanol–water partition coefficient (Wildman–Crippen LogP) is 2.66. The molecule has 0 radical (unpaired) electrons. The fraction of sp³-hybridized carbons (Fsp3) is 0.458. The van der Waals surface area contributed by atoms with Gasteiger partial charge in [-0.3, -0.25) is 14.0 Å². The van der Waals surface area contributed by atoms with Crippen molar-refractivity contribution in [2.24, 2.45) is 18.2 Å². The number of piperidine rings is 1. The Hall–Kier alpha value is -2.88. The van der Waals surface area contributed by atoms with Crippen LogP contribution in [0.15, 0.2) is 35.4 Å². The number of aryl methyl sites for hydroxylation is 1. The van der Waals surface area contributed by atoms with E-state index in [1.165, 1.54) is 0 Å². The maximum atomic E-state index is 13.5. The molecule has 2 fully saturated rings. The first-order valence-electron chi connectivity index (χ1n) is 11.6. The first-order chi connectivity index (χ1) is 16.0. The van der Waals surface area contributed by atoms with Gasteiger partial charge in [-0.1, -0.05) is 6.07 Å². The molecule has 9 nitrogen and oxygen atoms in total. The van der Waals surface area contributed by atoms with Crippen LogP contribution in [0.3, 0.4) is 0 Å². The molecule has 3 N–H and O–H groups in total. The lowest BCUT2D eigenvalue weighted by molar-refractivity contribution is 0.131. The van der Waals surface area contributed by atoms with Gasteiger partial charge in [0.25, 0.3) is 5.56 Å². The van der Waals surface area contributed by atoms with Crippen molar-refractivity contribution in [3.8, 4) is 11.1 Å². The van der Waals surface area contributed by atoms with Crippen molar-refractivity contribution >= 4 is 40.3 Å². The Bertz CT molecular complexity index is 1410. The molecule has 0 bridgehead atoms. The number of anilines is 1. The van der Waals surface area contributed by atoms with E-state index in [0.717, 1.165) is 61.1 Å². The summed E-state index contributed by atoms with van der Waals surface area (Å²) in [5.41, 5.74) is 9.76. The molecule has 10 heteroatoms. The molecule has 180 valence electrons. The van der Waals surface area contributed by atoms with Gasteiger partial charge >= 0.3 is 0 Å². The van der Waals surface area contributed by atoms with Crippen LogP contribution in [0, 0.1) is 5.41 Å². The number of aromatic nitrogens is 5. The summed E-state index contributed by atoms with van der Waals surface area (Å²) in [5, 5.41) is 6.22. The fourth-order valence-electron chi connectivity index (χ4n) is 5.41. The van der Waals surface area contributed by atoms with Gasteiger partial charge in [0.2, 0.25) is 5.95 Å². The van der Waals surface area contributed by atoms with Crippen LogP contribution in [0.5, 0.6) is 0 Å². The van der Waals surface area contributed by atoms with E-state index in [4.69, 9.17) is 15.5 Å². The minimum atomic E-state index is -0.0446. The van der Waals surface area contributed by atoms with E-state index in [0.29, 0.717) is 23.6 Å². The molecule has 1 atom stereocenters. The van der Waals surface area contributed by atoms with Gasteiger partial charge in [0.1, 0.15) is 5.65 Å². The lowest BCUT2D eigenvalue weighted by Gasteiger charge is -2.41. The number of nitrogens with one attached hydrogen (secondary N) is 1. The number of nitrogens with zero attached hydrogens (tertiary/aromatic N) is 5. The number of fused-ring (bicyclic) bond motifs is 2. The van der Waals surface area contributed by atoms with Crippen LogP contribution < -0.4 is 16.2 Å². The second-order valence-electron chi connectivity index (χ2n) is 9.43. The Morgan fingerprint density at radius 1 is 1.29 bits per heavy atom. The molecule has 1 spiro atoms. The van der Waals surface area contributed by atoms with Gasteiger partial charge < -0.3 is 20.4 Å². The lowest BCUT2D eigenvalue weighted by atomic mass is 9.75. The van der Waals surface area contributed by atoms with Crippen LogP contribution in [0.1, 0.15) is 19.8 Å². The first kappa shape index (κ1) is 22.9. The second-order valence-corrected chi connectivity index (χ2v) is 9.43. The molecule has 0 amide bonds. The number of hydrogen-bond acceptors (Lipinski definition) is 6. The van der Waals surface area contributed by atoms with Crippen molar-refractivity contribution in [1.29, 1.82) is 0 Å². The molecule has 34 heavy (non-hydrogen) atoms. The fourth-order valence-corrected chi connectivity index (χ4v) is 5.41. The number of aromatic amines is 1. The molecule has 6 rings (SSSR count). The van der Waals surface area contributed by atoms with Gasteiger partial charge in [-0.15, -0.1) is 12.4 Å². The highest BCUT2D eigenvalue weighted by atomic mass is 35.5. The molecule has 1 aromatic carbocycles. The Morgan fingerprint density at radius 2 is 2.09 bits per heavy atom. The van der Waals surface area contributed by atoms with Gasteiger partial charge in [-0.25, -0.2) is 0 Å². The number of nitrogens with two attached hydrogens (primary N) is 1. The number of ether oxygens (including phenoxy) is 1. The van der Waals surface area contributed by atoms with Crippen molar-refractivity contribution in [2.45, 2.75) is 32.4 Å². The van der Waals surface area contributed by atoms with Crippen LogP contribution >= 0.6 is 12.4 Å². The third kappa shape index (κ3) is 3.41. The summed E-state index contributed by atoms with van der Waals surface area (Å²) in [6.45, 7) is 5.88. The number of rotatable bonds is 3. The summed E-state index contributed by atoms with van der Waals surface area (Å²) in [4.78, 5) is 23.8. The zero-order chi connectivity index (χ0) is 22.7. The maximum Gasteiger partial charge on any atom is 0.264 e. The first-order valence-corrected chi connectivity index (χ1v) is 11.6. The average Bonchev–Trinajstić information content (AvgIpc) is 3.53. The van der Waals surface area contributed by atoms with Crippen LogP contribution in [0.2, 0.25) is 0 Å². The van der Waals surface area contributed by atoms with E-state index in [9.17, 15) is 4.79 Å². The predicted molar refractivity (Wildman–Crippen MR) is 136 cm³/mol. The van der Waals surface area contributed by atoms with Crippen molar-refractivity contribution in [3.63, 3.8) is 0 Å². The molecular weight excluding hydrogens is 454 g/mol. The minimum Gasteiger partial charge on any atom is -0.379 e. The highest BCUT2D eigenvalue weighted by Gasteiger charge is 2.44. The van der Waals surface area contributed by atoms with Gasteiger partial charge in [0.05, 0.1) is 24.1 Å². The Morgan fingerprint density at radius 3 is 2.79 bits per heavy atom. The zero-order valence-electron chi connectivity index (χ0n) is 19.5. The smallest absolute Gasteiger partial charge is 0.264 e. The standard InChI is InChI=1S/C24H29N7O2.ClH/c1-3-31-12-16-10-15(4-5-18(16)28-31)17-11-26-21-20(17)22(32)29(2)23(27-21)30-8-6-24(7-9-30)14-33-13-19(24)25;/h4-5,10-12,19,26H,3,6-9,13-14,25H2,1-2H3;1H/t19-;/m1./s1. The van der Waals surface area contributed by atoms with E-state index in [1.807, 2.05) is 36.3 Å². The van der Waals surface area contributed by atoms with E-state index in [2.05, 4.69) is 28.0 Å². The van der Waals surface area contributed by atoms with Crippen LogP contribution in [-0.4, -0.2) is 56.7 Å². The monoisotopic (exact) mass is 483 g/mol. The van der Waals surface area contributed by atoms with E-state index >= 15 is 0 Å². The van der Waals surface area contributed by atoms with Gasteiger partial charge in [0.15, 0.2) is 0 Å². The lowest BCUT2D eigenvalue weighted by Crippen LogP contribution is -2.50. The molecule has 0 saturated carbocycles. The molecule has 0 unspecified atom stereocenters. The van der Waals surface area contributed by atoms with Crippen LogP contribution in [0.4, 0.5) is 5.95 Å². The highest BCUT2D eigenvalue weighted by molar-refractivity contribution is 5.96. The average molecular weight is 484 g/mol. The summed E-state index contributed by atoms with van der Waals surface area (Å²) < 4.78 is 9.24. The van der Waals surface area contributed by atoms with Gasteiger partial charge in [-0.05, 0) is 37.5 Å². The maximum absolute atomic E-state index is 13.5. The Balaban J connectivity index is 0.00000241. The highest BCUT2D eigenvalue weighted by Crippen LogP contribution is 2.39. The van der Waals surface area contributed by atoms with Gasteiger partial charge in [-0.2, -0.15) is 10.1 Å². The number of halogens is 1. The molecule has 3 aromatic heterocycles. The van der Waals surface area contributed by atoms with Crippen LogP contribution in [0.25, 0.3) is 33.1 Å². The third-order valence-corrected chi connectivity index (χ3v) is 7.59. The quantitative estimate of drug-likeness (QED) is 0.464. The zero-order valence-corrected chi connectivity index (χ0v) is 20.3. The van der Waals surface area contributed by atoms with Crippen molar-refractivity contribution in [1.82, 2.24) is 24.3 Å². The molecular formula is C24H30ClN7O2. The van der Waals surface area contributed by atoms with E-state index < -0.39 is 0 Å². The second kappa shape index (κ2) is 8.41. The van der Waals surface area contributed by atoms with Crippen molar-refractivity contribution in [2.75, 3.05) is 31.2 Å². The molecule has 2 saturated heterocycles. The number of hydrogen-bond donors (Lipinski definition) is 2. The van der Waals surface area contributed by atoms with E-state index in [-0.39, 0.29) is 29.4 Å². The van der Waals surface area contributed by atoms with Crippen LogP contribution in [-0.2, 0) is 18.3 Å². The number of H-pyrrole nitrogens is 1.